The van der Waals surface area contributed by atoms with Crippen LogP contribution in [-0.2, 0) is 0 Å². The van der Waals surface area contributed by atoms with Gasteiger partial charge in [-0.1, -0.05) is 18.2 Å². The molecule has 0 bridgehead atoms. The normalized spacial score (nSPS) is 12.0. The molecule has 2 rings (SSSR count). The Hall–Kier alpha value is -1.17. The van der Waals surface area contributed by atoms with Crippen molar-refractivity contribution in [2.75, 3.05) is 20.0 Å². The average Bonchev–Trinajstić information content (AvgIpc) is 2.53. The Morgan fingerprint density at radius 1 is 1.10 bits per heavy atom. The van der Waals surface area contributed by atoms with Gasteiger partial charge in [-0.3, -0.25) is 0 Å². The second kappa shape index (κ2) is 7.73. The van der Waals surface area contributed by atoms with E-state index in [9.17, 15) is 5.11 Å². The second-order valence-electron chi connectivity index (χ2n) is 4.34. The monoisotopic (exact) mass is 368 g/mol. The quantitative estimate of drug-likeness (QED) is 0.771. The van der Waals surface area contributed by atoms with Gasteiger partial charge in [-0.05, 0) is 40.2 Å². The van der Waals surface area contributed by atoms with Gasteiger partial charge < -0.3 is 14.6 Å². The van der Waals surface area contributed by atoms with Gasteiger partial charge in [0.05, 0.1) is 20.3 Å². The minimum Gasteiger partial charge on any atom is -0.495 e. The lowest BCUT2D eigenvalue weighted by atomic mass is 10.1. The fraction of sp³-hybridized carbons (Fsp3) is 0.250. The van der Waals surface area contributed by atoms with Crippen LogP contribution >= 0.6 is 27.7 Å². The maximum absolute atomic E-state index is 10.4. The van der Waals surface area contributed by atoms with Crippen molar-refractivity contribution in [2.24, 2.45) is 0 Å². The SMILES string of the molecule is COc1ccc(C(O)CSc2ccccc2)c(OC)c1Br. The Balaban J connectivity index is 2.15. The molecule has 1 N–H and O–H groups in total. The molecule has 0 saturated heterocycles. The highest BCUT2D eigenvalue weighted by atomic mass is 79.9. The van der Waals surface area contributed by atoms with E-state index in [1.807, 2.05) is 42.5 Å². The van der Waals surface area contributed by atoms with Crippen LogP contribution in [0.15, 0.2) is 51.8 Å². The van der Waals surface area contributed by atoms with Crippen LogP contribution in [0.5, 0.6) is 11.5 Å². The highest BCUT2D eigenvalue weighted by Gasteiger charge is 2.18. The van der Waals surface area contributed by atoms with Gasteiger partial charge in [-0.25, -0.2) is 0 Å². The molecule has 0 radical (unpaired) electrons. The number of ether oxygens (including phenoxy) is 2. The first-order valence-electron chi connectivity index (χ1n) is 6.43. The van der Waals surface area contributed by atoms with Crippen molar-refractivity contribution < 1.29 is 14.6 Å². The average molecular weight is 369 g/mol. The molecule has 112 valence electrons. The lowest BCUT2D eigenvalue weighted by Gasteiger charge is -2.17. The molecule has 2 aromatic rings. The fourth-order valence-electron chi connectivity index (χ4n) is 1.96. The minimum absolute atomic E-state index is 0.555. The molecule has 0 aromatic heterocycles. The number of hydrogen-bond donors (Lipinski definition) is 1. The van der Waals surface area contributed by atoms with Gasteiger partial charge in [0, 0.05) is 16.2 Å². The first-order valence-corrected chi connectivity index (χ1v) is 8.21. The first-order chi connectivity index (χ1) is 10.2. The maximum Gasteiger partial charge on any atom is 0.142 e. The van der Waals surface area contributed by atoms with E-state index in [2.05, 4.69) is 15.9 Å². The van der Waals surface area contributed by atoms with Crippen LogP contribution in [0.1, 0.15) is 11.7 Å². The molecular formula is C16H17BrO3S. The zero-order chi connectivity index (χ0) is 15.2. The number of benzene rings is 2. The zero-order valence-electron chi connectivity index (χ0n) is 11.9. The van der Waals surface area contributed by atoms with Gasteiger partial charge in [0.15, 0.2) is 0 Å². The Morgan fingerprint density at radius 2 is 1.81 bits per heavy atom. The van der Waals surface area contributed by atoms with Gasteiger partial charge in [0.25, 0.3) is 0 Å². The summed E-state index contributed by atoms with van der Waals surface area (Å²) in [5, 5.41) is 10.4. The standard InChI is InChI=1S/C16H17BrO3S/c1-19-14-9-8-12(16(20-2)15(14)17)13(18)10-21-11-6-4-3-5-7-11/h3-9,13,18H,10H2,1-2H3. The third-order valence-electron chi connectivity index (χ3n) is 3.03. The van der Waals surface area contributed by atoms with Gasteiger partial charge in [0.2, 0.25) is 0 Å². The van der Waals surface area contributed by atoms with Crippen LogP contribution in [0.2, 0.25) is 0 Å². The number of hydrogen-bond acceptors (Lipinski definition) is 4. The molecule has 0 saturated carbocycles. The summed E-state index contributed by atoms with van der Waals surface area (Å²) in [5.74, 6) is 1.84. The number of rotatable bonds is 6. The first kappa shape index (κ1) is 16.2. The number of thioether (sulfide) groups is 1. The Morgan fingerprint density at radius 3 is 2.43 bits per heavy atom. The molecule has 1 unspecified atom stereocenters. The third-order valence-corrected chi connectivity index (χ3v) is 4.87. The Kier molecular flexibility index (Phi) is 5.96. The number of methoxy groups -OCH3 is 2. The Bertz CT molecular complexity index is 590. The molecule has 0 aliphatic carbocycles. The summed E-state index contributed by atoms with van der Waals surface area (Å²) in [6.07, 6.45) is -0.618. The summed E-state index contributed by atoms with van der Waals surface area (Å²) in [6.45, 7) is 0. The summed E-state index contributed by atoms with van der Waals surface area (Å²) in [6, 6.07) is 13.6. The predicted molar refractivity (Wildman–Crippen MR) is 89.4 cm³/mol. The van der Waals surface area contributed by atoms with Gasteiger partial charge in [-0.15, -0.1) is 11.8 Å². The molecule has 0 amide bonds. The molecular weight excluding hydrogens is 352 g/mol. The molecule has 3 nitrogen and oxygen atoms in total. The summed E-state index contributed by atoms with van der Waals surface area (Å²) >= 11 is 5.06. The summed E-state index contributed by atoms with van der Waals surface area (Å²) in [7, 11) is 3.18. The van der Waals surface area contributed by atoms with E-state index in [1.165, 1.54) is 0 Å². The van der Waals surface area contributed by atoms with E-state index in [4.69, 9.17) is 9.47 Å². The molecule has 5 heteroatoms. The van der Waals surface area contributed by atoms with Gasteiger partial charge in [-0.2, -0.15) is 0 Å². The zero-order valence-corrected chi connectivity index (χ0v) is 14.3. The molecule has 0 heterocycles. The molecule has 1 atom stereocenters. The lowest BCUT2D eigenvalue weighted by molar-refractivity contribution is 0.198. The molecule has 21 heavy (non-hydrogen) atoms. The van der Waals surface area contributed by atoms with Crippen LogP contribution in [-0.4, -0.2) is 25.1 Å². The summed E-state index contributed by atoms with van der Waals surface area (Å²) < 4.78 is 11.3. The van der Waals surface area contributed by atoms with Gasteiger partial charge >= 0.3 is 0 Å². The highest BCUT2D eigenvalue weighted by Crippen LogP contribution is 2.40. The fourth-order valence-corrected chi connectivity index (χ4v) is 3.53. The van der Waals surface area contributed by atoms with E-state index < -0.39 is 6.10 Å². The van der Waals surface area contributed by atoms with E-state index in [0.29, 0.717) is 21.7 Å². The summed E-state index contributed by atoms with van der Waals surface area (Å²) in [5.41, 5.74) is 0.744. The van der Waals surface area contributed by atoms with Crippen LogP contribution in [0.4, 0.5) is 0 Å². The van der Waals surface area contributed by atoms with Crippen molar-refractivity contribution in [1.82, 2.24) is 0 Å². The van der Waals surface area contributed by atoms with Crippen LogP contribution in [0, 0.1) is 0 Å². The highest BCUT2D eigenvalue weighted by molar-refractivity contribution is 9.10. The second-order valence-corrected chi connectivity index (χ2v) is 6.23. The molecule has 0 aliphatic rings. The molecule has 0 spiro atoms. The van der Waals surface area contributed by atoms with Crippen molar-refractivity contribution in [1.29, 1.82) is 0 Å². The van der Waals surface area contributed by atoms with Crippen molar-refractivity contribution in [3.8, 4) is 11.5 Å². The van der Waals surface area contributed by atoms with E-state index in [-0.39, 0.29) is 0 Å². The van der Waals surface area contributed by atoms with Crippen molar-refractivity contribution in [3.05, 3.63) is 52.5 Å². The molecule has 2 aromatic carbocycles. The lowest BCUT2D eigenvalue weighted by Crippen LogP contribution is -2.04. The maximum atomic E-state index is 10.4. The van der Waals surface area contributed by atoms with Crippen molar-refractivity contribution in [3.63, 3.8) is 0 Å². The van der Waals surface area contributed by atoms with Crippen LogP contribution < -0.4 is 9.47 Å². The third kappa shape index (κ3) is 3.93. The van der Waals surface area contributed by atoms with E-state index in [0.717, 1.165) is 10.5 Å². The number of halogens is 1. The Labute approximate surface area is 137 Å². The smallest absolute Gasteiger partial charge is 0.142 e. The van der Waals surface area contributed by atoms with Crippen molar-refractivity contribution in [2.45, 2.75) is 11.0 Å². The number of aliphatic hydroxyl groups is 1. The minimum atomic E-state index is -0.618. The van der Waals surface area contributed by atoms with Gasteiger partial charge in [0.1, 0.15) is 16.0 Å². The number of aliphatic hydroxyl groups excluding tert-OH is 1. The largest absolute Gasteiger partial charge is 0.495 e. The molecule has 0 aliphatic heterocycles. The van der Waals surface area contributed by atoms with E-state index >= 15 is 0 Å². The van der Waals surface area contributed by atoms with E-state index in [1.54, 1.807) is 26.0 Å². The predicted octanol–water partition coefficient (Wildman–Crippen LogP) is 4.29. The van der Waals surface area contributed by atoms with Crippen LogP contribution in [0.3, 0.4) is 0 Å². The molecule has 0 fully saturated rings. The topological polar surface area (TPSA) is 38.7 Å². The van der Waals surface area contributed by atoms with Crippen molar-refractivity contribution >= 4 is 27.7 Å². The summed E-state index contributed by atoms with van der Waals surface area (Å²) in [4.78, 5) is 1.13. The van der Waals surface area contributed by atoms with Crippen LogP contribution in [0.25, 0.3) is 0 Å².